The van der Waals surface area contributed by atoms with E-state index in [9.17, 15) is 18.4 Å². The summed E-state index contributed by atoms with van der Waals surface area (Å²) in [6.45, 7) is -2.96. The lowest BCUT2D eigenvalue weighted by Crippen LogP contribution is -2.40. The standard InChI is InChI=1S/C17H14F2N2O3/c18-17(19)24-14-9-5-4-6-12(14)10-11-15(22)20-21-16(23)13-7-2-1-3-8-13/h1-11,17H,(H,20,22)(H,21,23)/b11-10+. The van der Waals surface area contributed by atoms with E-state index in [-0.39, 0.29) is 5.75 Å². The SMILES string of the molecule is O=C(/C=C/c1ccccc1OC(F)F)NNC(=O)c1ccccc1. The van der Waals surface area contributed by atoms with Crippen LogP contribution in [-0.2, 0) is 4.79 Å². The number of hydrazine groups is 1. The van der Waals surface area contributed by atoms with Crippen LogP contribution in [0.4, 0.5) is 8.78 Å². The predicted molar refractivity (Wildman–Crippen MR) is 84.2 cm³/mol. The van der Waals surface area contributed by atoms with Gasteiger partial charge in [-0.3, -0.25) is 20.4 Å². The Bertz CT molecular complexity index is 734. The second-order valence-corrected chi connectivity index (χ2v) is 4.56. The van der Waals surface area contributed by atoms with Gasteiger partial charge in [-0.05, 0) is 24.3 Å². The van der Waals surface area contributed by atoms with Gasteiger partial charge in [-0.2, -0.15) is 8.78 Å². The van der Waals surface area contributed by atoms with E-state index in [1.807, 2.05) is 0 Å². The van der Waals surface area contributed by atoms with E-state index >= 15 is 0 Å². The van der Waals surface area contributed by atoms with E-state index in [2.05, 4.69) is 15.6 Å². The normalized spacial score (nSPS) is 10.6. The van der Waals surface area contributed by atoms with E-state index < -0.39 is 18.4 Å². The number of hydrogen-bond donors (Lipinski definition) is 2. The molecule has 124 valence electrons. The molecule has 0 aliphatic carbocycles. The predicted octanol–water partition coefficient (Wildman–Crippen LogP) is 2.76. The van der Waals surface area contributed by atoms with E-state index in [1.54, 1.807) is 36.4 Å². The van der Waals surface area contributed by atoms with Crippen molar-refractivity contribution in [1.82, 2.24) is 10.9 Å². The van der Waals surface area contributed by atoms with Gasteiger partial charge in [0.1, 0.15) is 5.75 Å². The second-order valence-electron chi connectivity index (χ2n) is 4.56. The van der Waals surface area contributed by atoms with Gasteiger partial charge in [-0.15, -0.1) is 0 Å². The summed E-state index contributed by atoms with van der Waals surface area (Å²) in [6, 6.07) is 14.4. The molecule has 2 N–H and O–H groups in total. The molecule has 5 nitrogen and oxygen atoms in total. The van der Waals surface area contributed by atoms with Crippen LogP contribution in [0.15, 0.2) is 60.7 Å². The van der Waals surface area contributed by atoms with Gasteiger partial charge in [0, 0.05) is 17.2 Å². The van der Waals surface area contributed by atoms with Gasteiger partial charge in [0.15, 0.2) is 0 Å². The molecule has 0 aliphatic rings. The fourth-order valence-corrected chi connectivity index (χ4v) is 1.81. The third-order valence-corrected chi connectivity index (χ3v) is 2.88. The fraction of sp³-hybridized carbons (Fsp3) is 0.0588. The van der Waals surface area contributed by atoms with Crippen molar-refractivity contribution in [3.63, 3.8) is 0 Å². The number of rotatable bonds is 5. The van der Waals surface area contributed by atoms with Crippen LogP contribution in [0, 0.1) is 0 Å². The van der Waals surface area contributed by atoms with E-state index in [0.717, 1.165) is 6.08 Å². The molecule has 0 fully saturated rings. The highest BCUT2D eigenvalue weighted by molar-refractivity contribution is 5.97. The maximum Gasteiger partial charge on any atom is 0.387 e. The van der Waals surface area contributed by atoms with Gasteiger partial charge in [-0.1, -0.05) is 36.4 Å². The smallest absolute Gasteiger partial charge is 0.387 e. The Labute approximate surface area is 136 Å². The largest absolute Gasteiger partial charge is 0.434 e. The van der Waals surface area contributed by atoms with E-state index in [0.29, 0.717) is 11.1 Å². The lowest BCUT2D eigenvalue weighted by molar-refractivity contribution is -0.117. The van der Waals surface area contributed by atoms with Crippen molar-refractivity contribution in [2.24, 2.45) is 0 Å². The molecule has 2 aromatic rings. The van der Waals surface area contributed by atoms with Gasteiger partial charge in [-0.25, -0.2) is 0 Å². The van der Waals surface area contributed by atoms with Gasteiger partial charge in [0.25, 0.3) is 11.8 Å². The zero-order chi connectivity index (χ0) is 17.4. The first-order chi connectivity index (χ1) is 11.6. The molecule has 0 aromatic heterocycles. The molecule has 24 heavy (non-hydrogen) atoms. The molecule has 0 heterocycles. The molecule has 2 rings (SSSR count). The minimum atomic E-state index is -2.96. The summed E-state index contributed by atoms with van der Waals surface area (Å²) in [5.74, 6) is -1.14. The Hall–Kier alpha value is -3.22. The minimum Gasteiger partial charge on any atom is -0.434 e. The first kappa shape index (κ1) is 17.1. The van der Waals surface area contributed by atoms with Crippen molar-refractivity contribution < 1.29 is 23.1 Å². The monoisotopic (exact) mass is 332 g/mol. The molecule has 0 radical (unpaired) electrons. The van der Waals surface area contributed by atoms with Gasteiger partial charge in [0.05, 0.1) is 0 Å². The van der Waals surface area contributed by atoms with Crippen molar-refractivity contribution in [2.45, 2.75) is 6.61 Å². The Balaban J connectivity index is 1.93. The fourth-order valence-electron chi connectivity index (χ4n) is 1.81. The Morgan fingerprint density at radius 1 is 0.958 bits per heavy atom. The zero-order valence-corrected chi connectivity index (χ0v) is 12.4. The molecule has 0 saturated heterocycles. The topological polar surface area (TPSA) is 67.4 Å². The highest BCUT2D eigenvalue weighted by Gasteiger charge is 2.08. The van der Waals surface area contributed by atoms with Crippen LogP contribution in [0.1, 0.15) is 15.9 Å². The maximum atomic E-state index is 12.3. The number of alkyl halides is 2. The highest BCUT2D eigenvalue weighted by atomic mass is 19.3. The number of nitrogens with one attached hydrogen (secondary N) is 2. The number of ether oxygens (including phenoxy) is 1. The van der Waals surface area contributed by atoms with Crippen molar-refractivity contribution >= 4 is 17.9 Å². The van der Waals surface area contributed by atoms with Crippen LogP contribution in [-0.4, -0.2) is 18.4 Å². The summed E-state index contributed by atoms with van der Waals surface area (Å²) in [6.07, 6.45) is 2.40. The van der Waals surface area contributed by atoms with Crippen LogP contribution in [0.25, 0.3) is 6.08 Å². The number of carbonyl (C=O) groups is 2. The van der Waals surface area contributed by atoms with Crippen LogP contribution in [0.3, 0.4) is 0 Å². The Morgan fingerprint density at radius 2 is 1.62 bits per heavy atom. The molecule has 0 spiro atoms. The molecule has 0 saturated carbocycles. The molecular formula is C17H14F2N2O3. The zero-order valence-electron chi connectivity index (χ0n) is 12.4. The van der Waals surface area contributed by atoms with Crippen LogP contribution >= 0.6 is 0 Å². The van der Waals surface area contributed by atoms with Gasteiger partial charge < -0.3 is 4.74 Å². The van der Waals surface area contributed by atoms with E-state index in [1.165, 1.54) is 24.3 Å². The van der Waals surface area contributed by atoms with Crippen molar-refractivity contribution in [3.05, 3.63) is 71.8 Å². The average Bonchev–Trinajstić information content (AvgIpc) is 2.59. The number of halogens is 2. The third-order valence-electron chi connectivity index (χ3n) is 2.88. The summed E-state index contributed by atoms with van der Waals surface area (Å²) in [7, 11) is 0. The molecule has 0 unspecified atom stereocenters. The maximum absolute atomic E-state index is 12.3. The lowest BCUT2D eigenvalue weighted by Gasteiger charge is -2.07. The summed E-state index contributed by atoms with van der Waals surface area (Å²) >= 11 is 0. The van der Waals surface area contributed by atoms with Crippen LogP contribution < -0.4 is 15.6 Å². The number of hydrogen-bond acceptors (Lipinski definition) is 3. The number of carbonyl (C=O) groups excluding carboxylic acids is 2. The lowest BCUT2D eigenvalue weighted by atomic mass is 10.2. The molecule has 2 amide bonds. The molecule has 0 atom stereocenters. The first-order valence-corrected chi connectivity index (χ1v) is 6.93. The average molecular weight is 332 g/mol. The number of amides is 2. The molecular weight excluding hydrogens is 318 g/mol. The highest BCUT2D eigenvalue weighted by Crippen LogP contribution is 2.21. The van der Waals surface area contributed by atoms with Crippen LogP contribution in [0.2, 0.25) is 0 Å². The van der Waals surface area contributed by atoms with Crippen LogP contribution in [0.5, 0.6) is 5.75 Å². The quantitative estimate of drug-likeness (QED) is 0.653. The van der Waals surface area contributed by atoms with E-state index in [4.69, 9.17) is 0 Å². The third kappa shape index (κ3) is 5.20. The van der Waals surface area contributed by atoms with Crippen molar-refractivity contribution in [3.8, 4) is 5.75 Å². The summed E-state index contributed by atoms with van der Waals surface area (Å²) < 4.78 is 28.9. The van der Waals surface area contributed by atoms with Gasteiger partial charge >= 0.3 is 6.61 Å². The summed E-state index contributed by atoms with van der Waals surface area (Å²) in [4.78, 5) is 23.4. The molecule has 7 heteroatoms. The van der Waals surface area contributed by atoms with Crippen molar-refractivity contribution in [1.29, 1.82) is 0 Å². The Kier molecular flexibility index (Phi) is 6.01. The summed E-state index contributed by atoms with van der Waals surface area (Å²) in [5, 5.41) is 0. The first-order valence-electron chi connectivity index (χ1n) is 6.93. The number of para-hydroxylation sites is 1. The molecule has 2 aromatic carbocycles. The minimum absolute atomic E-state index is 0.0510. The second kappa shape index (κ2) is 8.42. The molecule has 0 aliphatic heterocycles. The Morgan fingerprint density at radius 3 is 2.33 bits per heavy atom. The molecule has 0 bridgehead atoms. The number of benzene rings is 2. The van der Waals surface area contributed by atoms with Gasteiger partial charge in [0.2, 0.25) is 0 Å². The van der Waals surface area contributed by atoms with Crippen molar-refractivity contribution in [2.75, 3.05) is 0 Å². The summed E-state index contributed by atoms with van der Waals surface area (Å²) in [5.41, 5.74) is 5.13.